The Balaban J connectivity index is 2.90. The smallest absolute Gasteiger partial charge is 0.126 e. The largest absolute Gasteiger partial charge is 0.497 e. The van der Waals surface area contributed by atoms with Crippen molar-refractivity contribution in [3.63, 3.8) is 0 Å². The highest BCUT2D eigenvalue weighted by Crippen LogP contribution is 2.17. The molecule has 0 radical (unpaired) electrons. The van der Waals surface area contributed by atoms with Crippen LogP contribution in [0.4, 0.5) is 4.39 Å². The maximum atomic E-state index is 13.2. The maximum Gasteiger partial charge on any atom is 0.126 e. The van der Waals surface area contributed by atoms with E-state index in [0.717, 1.165) is 0 Å². The molecule has 2 nitrogen and oxygen atoms in total. The van der Waals surface area contributed by atoms with Gasteiger partial charge in [-0.2, -0.15) is 0 Å². The average Bonchev–Trinajstić information content (AvgIpc) is 2.08. The first kappa shape index (κ1) is 9.99. The summed E-state index contributed by atoms with van der Waals surface area (Å²) in [6.07, 6.45) is 0.531. The summed E-state index contributed by atoms with van der Waals surface area (Å²) in [6.45, 7) is 1.85. The van der Waals surface area contributed by atoms with Crippen LogP contribution in [-0.2, 0) is 6.42 Å². The first-order valence-corrected chi connectivity index (χ1v) is 4.21. The van der Waals surface area contributed by atoms with E-state index in [4.69, 9.17) is 10.5 Å². The average molecular weight is 183 g/mol. The Morgan fingerprint density at radius 2 is 2.23 bits per heavy atom. The fourth-order valence-electron chi connectivity index (χ4n) is 1.18. The van der Waals surface area contributed by atoms with E-state index in [1.807, 2.05) is 6.92 Å². The van der Waals surface area contributed by atoms with Crippen LogP contribution in [-0.4, -0.2) is 13.2 Å². The molecule has 0 aliphatic heterocycles. The molecule has 0 bridgehead atoms. The molecule has 0 amide bonds. The fourth-order valence-corrected chi connectivity index (χ4v) is 1.18. The van der Waals surface area contributed by atoms with Gasteiger partial charge in [-0.25, -0.2) is 4.39 Å². The lowest BCUT2D eigenvalue weighted by atomic mass is 10.1. The van der Waals surface area contributed by atoms with Gasteiger partial charge in [0, 0.05) is 6.04 Å². The molecular formula is C10H14FNO. The summed E-state index contributed by atoms with van der Waals surface area (Å²) in [5.41, 5.74) is 6.18. The van der Waals surface area contributed by atoms with Gasteiger partial charge in [-0.15, -0.1) is 0 Å². The lowest BCUT2D eigenvalue weighted by Gasteiger charge is -2.08. The van der Waals surface area contributed by atoms with Crippen LogP contribution in [0.15, 0.2) is 18.2 Å². The summed E-state index contributed by atoms with van der Waals surface area (Å²) < 4.78 is 18.1. The van der Waals surface area contributed by atoms with E-state index in [2.05, 4.69) is 0 Å². The van der Waals surface area contributed by atoms with Crippen LogP contribution < -0.4 is 10.5 Å². The minimum absolute atomic E-state index is 0.0402. The first-order chi connectivity index (χ1) is 6.13. The monoisotopic (exact) mass is 183 g/mol. The molecule has 2 N–H and O–H groups in total. The van der Waals surface area contributed by atoms with Crippen molar-refractivity contribution in [1.82, 2.24) is 0 Å². The molecule has 1 aromatic carbocycles. The molecule has 1 rings (SSSR count). The van der Waals surface area contributed by atoms with Crippen LogP contribution in [0.1, 0.15) is 12.5 Å². The topological polar surface area (TPSA) is 35.2 Å². The second-order valence-electron chi connectivity index (χ2n) is 3.14. The highest BCUT2D eigenvalue weighted by molar-refractivity contribution is 5.30. The van der Waals surface area contributed by atoms with Crippen LogP contribution in [0.3, 0.4) is 0 Å². The van der Waals surface area contributed by atoms with Gasteiger partial charge < -0.3 is 10.5 Å². The lowest BCUT2D eigenvalue weighted by Crippen LogP contribution is -2.18. The molecule has 72 valence electrons. The van der Waals surface area contributed by atoms with Crippen molar-refractivity contribution < 1.29 is 9.13 Å². The second kappa shape index (κ2) is 4.23. The van der Waals surface area contributed by atoms with Crippen molar-refractivity contribution in [1.29, 1.82) is 0 Å². The van der Waals surface area contributed by atoms with Crippen molar-refractivity contribution in [2.75, 3.05) is 7.11 Å². The molecule has 13 heavy (non-hydrogen) atoms. The van der Waals surface area contributed by atoms with Crippen LogP contribution in [0.2, 0.25) is 0 Å². The molecule has 0 aliphatic carbocycles. The number of hydrogen-bond acceptors (Lipinski definition) is 2. The standard InChI is InChI=1S/C10H14FNO/c1-7(12)5-8-6-9(13-2)3-4-10(8)11/h3-4,6-7H,5,12H2,1-2H3. The van der Waals surface area contributed by atoms with Crippen molar-refractivity contribution in [3.05, 3.63) is 29.6 Å². The van der Waals surface area contributed by atoms with Gasteiger partial charge in [0.25, 0.3) is 0 Å². The lowest BCUT2D eigenvalue weighted by molar-refractivity contribution is 0.412. The summed E-state index contributed by atoms with van der Waals surface area (Å²) in [6, 6.07) is 4.64. The molecule has 0 saturated carbocycles. The molecule has 0 saturated heterocycles. The van der Waals surface area contributed by atoms with E-state index >= 15 is 0 Å². The van der Waals surface area contributed by atoms with Crippen molar-refractivity contribution in [2.45, 2.75) is 19.4 Å². The Bertz CT molecular complexity index is 286. The van der Waals surface area contributed by atoms with Gasteiger partial charge >= 0.3 is 0 Å². The number of methoxy groups -OCH3 is 1. The molecule has 1 aromatic rings. The zero-order chi connectivity index (χ0) is 9.84. The number of ether oxygens (including phenoxy) is 1. The van der Waals surface area contributed by atoms with Crippen molar-refractivity contribution in [2.24, 2.45) is 5.73 Å². The Morgan fingerprint density at radius 3 is 2.77 bits per heavy atom. The normalized spacial score (nSPS) is 12.6. The van der Waals surface area contributed by atoms with Gasteiger partial charge in [-0.3, -0.25) is 0 Å². The molecule has 0 fully saturated rings. The first-order valence-electron chi connectivity index (χ1n) is 4.21. The summed E-state index contributed by atoms with van der Waals surface area (Å²) in [4.78, 5) is 0. The van der Waals surface area contributed by atoms with Crippen molar-refractivity contribution in [3.8, 4) is 5.75 Å². The quantitative estimate of drug-likeness (QED) is 0.774. The summed E-state index contributed by atoms with van der Waals surface area (Å²) >= 11 is 0. The Hall–Kier alpha value is -1.09. The van der Waals surface area contributed by atoms with Gasteiger partial charge in [-0.05, 0) is 37.1 Å². The molecule has 3 heteroatoms. The summed E-state index contributed by atoms with van der Waals surface area (Å²) in [5.74, 6) is 0.440. The third-order valence-electron chi connectivity index (χ3n) is 1.79. The minimum atomic E-state index is -0.224. The number of nitrogens with two attached hydrogens (primary N) is 1. The van der Waals surface area contributed by atoms with Crippen LogP contribution in [0.25, 0.3) is 0 Å². The van der Waals surface area contributed by atoms with E-state index in [1.54, 1.807) is 19.2 Å². The van der Waals surface area contributed by atoms with Gasteiger partial charge in [0.15, 0.2) is 0 Å². The van der Waals surface area contributed by atoms with Crippen LogP contribution in [0, 0.1) is 5.82 Å². The van der Waals surface area contributed by atoms with Gasteiger partial charge in [-0.1, -0.05) is 0 Å². The highest BCUT2D eigenvalue weighted by atomic mass is 19.1. The molecule has 0 heterocycles. The Morgan fingerprint density at radius 1 is 1.54 bits per heavy atom. The molecular weight excluding hydrogens is 169 g/mol. The van der Waals surface area contributed by atoms with Crippen LogP contribution in [0.5, 0.6) is 5.75 Å². The highest BCUT2D eigenvalue weighted by Gasteiger charge is 2.05. The van der Waals surface area contributed by atoms with E-state index in [1.165, 1.54) is 6.07 Å². The number of rotatable bonds is 3. The van der Waals surface area contributed by atoms with E-state index in [-0.39, 0.29) is 11.9 Å². The molecule has 0 aromatic heterocycles. The zero-order valence-corrected chi connectivity index (χ0v) is 7.88. The Labute approximate surface area is 77.5 Å². The fraction of sp³-hybridized carbons (Fsp3) is 0.400. The van der Waals surface area contributed by atoms with E-state index in [0.29, 0.717) is 17.7 Å². The predicted octanol–water partition coefficient (Wildman–Crippen LogP) is 1.72. The number of halogens is 1. The second-order valence-corrected chi connectivity index (χ2v) is 3.14. The third kappa shape index (κ3) is 2.70. The molecule has 1 atom stereocenters. The van der Waals surface area contributed by atoms with Crippen LogP contribution >= 0.6 is 0 Å². The zero-order valence-electron chi connectivity index (χ0n) is 7.88. The summed E-state index contributed by atoms with van der Waals surface area (Å²) in [7, 11) is 1.56. The third-order valence-corrected chi connectivity index (χ3v) is 1.79. The van der Waals surface area contributed by atoms with Gasteiger partial charge in [0.2, 0.25) is 0 Å². The molecule has 0 spiro atoms. The summed E-state index contributed by atoms with van der Waals surface area (Å²) in [5, 5.41) is 0. The number of benzene rings is 1. The van der Waals surface area contributed by atoms with E-state index in [9.17, 15) is 4.39 Å². The maximum absolute atomic E-state index is 13.2. The van der Waals surface area contributed by atoms with Gasteiger partial charge in [0.05, 0.1) is 7.11 Å². The SMILES string of the molecule is COc1ccc(F)c(CC(C)N)c1. The number of hydrogen-bond donors (Lipinski definition) is 1. The minimum Gasteiger partial charge on any atom is -0.497 e. The Kier molecular flexibility index (Phi) is 3.25. The van der Waals surface area contributed by atoms with E-state index < -0.39 is 0 Å². The predicted molar refractivity (Wildman–Crippen MR) is 50.3 cm³/mol. The van der Waals surface area contributed by atoms with Crippen molar-refractivity contribution >= 4 is 0 Å². The molecule has 1 unspecified atom stereocenters. The molecule has 0 aliphatic rings. The van der Waals surface area contributed by atoms with Gasteiger partial charge in [0.1, 0.15) is 11.6 Å².